The zero-order valence-corrected chi connectivity index (χ0v) is 38.5. The number of hydrogen-bond donors (Lipinski definition) is 6. The highest BCUT2D eigenvalue weighted by atomic mass is 16.6. The summed E-state index contributed by atoms with van der Waals surface area (Å²) in [4.78, 5) is 47.8. The molecule has 14 atom stereocenters. The van der Waals surface area contributed by atoms with Crippen LogP contribution in [0, 0.1) is 46.3 Å². The second-order valence-electron chi connectivity index (χ2n) is 19.6. The molecule has 1 fully saturated rings. The fourth-order valence-corrected chi connectivity index (χ4v) is 9.36. The van der Waals surface area contributed by atoms with Gasteiger partial charge < -0.3 is 55.8 Å². The number of carbonyl (C=O) groups excluding carboxylic acids is 4. The Morgan fingerprint density at radius 2 is 1.24 bits per heavy atom. The maximum absolute atomic E-state index is 12.8. The number of carboxylic acid groups (broad SMARTS) is 1. The van der Waals surface area contributed by atoms with Gasteiger partial charge >= 0.3 is 17.9 Å². The molecule has 0 unspecified atom stereocenters. The number of aliphatic hydroxyl groups is 5. The third-order valence-corrected chi connectivity index (χ3v) is 14.0. The van der Waals surface area contributed by atoms with E-state index in [-0.39, 0.29) is 84.6 Å². The van der Waals surface area contributed by atoms with E-state index < -0.39 is 59.8 Å². The molecule has 0 radical (unpaired) electrons. The smallest absolute Gasteiger partial charge is 0.311 e. The average Bonchev–Trinajstić information content (AvgIpc) is 3.16. The lowest BCUT2D eigenvalue weighted by atomic mass is 9.66. The minimum absolute atomic E-state index is 0. The Balaban J connectivity index is 0.000000325. The van der Waals surface area contributed by atoms with Gasteiger partial charge in [-0.3, -0.25) is 14.4 Å². The summed E-state index contributed by atoms with van der Waals surface area (Å²) in [5, 5.41) is 61.2. The highest BCUT2D eigenvalue weighted by Gasteiger charge is 2.45. The van der Waals surface area contributed by atoms with E-state index in [1.54, 1.807) is 0 Å². The number of quaternary nitrogens is 1. The van der Waals surface area contributed by atoms with Crippen LogP contribution in [0.3, 0.4) is 0 Å². The van der Waals surface area contributed by atoms with Crippen LogP contribution in [0.25, 0.3) is 0 Å². The van der Waals surface area contributed by atoms with Gasteiger partial charge in [-0.25, -0.2) is 0 Å². The van der Waals surface area contributed by atoms with E-state index in [4.69, 9.17) is 14.2 Å². The number of esters is 3. The van der Waals surface area contributed by atoms with Gasteiger partial charge in [-0.15, -0.1) is 0 Å². The van der Waals surface area contributed by atoms with E-state index in [2.05, 4.69) is 26.0 Å². The van der Waals surface area contributed by atoms with Crippen LogP contribution in [-0.2, 0) is 33.4 Å². The molecule has 14 nitrogen and oxygen atoms in total. The van der Waals surface area contributed by atoms with Crippen molar-refractivity contribution in [3.05, 3.63) is 47.6 Å². The molecule has 5 rings (SSSR count). The van der Waals surface area contributed by atoms with Gasteiger partial charge in [-0.1, -0.05) is 64.2 Å². The fourth-order valence-electron chi connectivity index (χ4n) is 9.36. The van der Waals surface area contributed by atoms with E-state index in [0.717, 1.165) is 17.6 Å². The number of rotatable bonds is 16. The Labute approximate surface area is 368 Å². The summed E-state index contributed by atoms with van der Waals surface area (Å²) in [6.07, 6.45) is 11.4. The van der Waals surface area contributed by atoms with Crippen LogP contribution >= 0.6 is 0 Å². The maximum Gasteiger partial charge on any atom is 0.311 e. The first kappa shape index (κ1) is 52.9. The van der Waals surface area contributed by atoms with Crippen LogP contribution in [0.4, 0.5) is 0 Å². The third kappa shape index (κ3) is 14.3. The molecular formula is C48H77NO13. The van der Waals surface area contributed by atoms with Crippen LogP contribution in [0.15, 0.2) is 47.6 Å². The number of hydrogen-bond acceptors (Lipinski definition) is 13. The van der Waals surface area contributed by atoms with E-state index in [0.29, 0.717) is 51.4 Å². The van der Waals surface area contributed by atoms with E-state index >= 15 is 0 Å². The first-order valence-corrected chi connectivity index (χ1v) is 22.6. The molecule has 0 spiro atoms. The number of fused-ring (bicyclic) bond motifs is 2. The van der Waals surface area contributed by atoms with Gasteiger partial charge in [0.15, 0.2) is 0 Å². The van der Waals surface area contributed by atoms with E-state index in [1.807, 2.05) is 65.8 Å². The third-order valence-electron chi connectivity index (χ3n) is 14.0. The van der Waals surface area contributed by atoms with Crippen molar-refractivity contribution < 1.29 is 64.0 Å². The van der Waals surface area contributed by atoms with Crippen LogP contribution in [-0.4, -0.2) is 98.2 Å². The number of aliphatic hydroxyl groups excluding tert-OH is 5. The number of allylic oxidation sites excluding steroid dienone is 4. The van der Waals surface area contributed by atoms with Crippen LogP contribution in [0.1, 0.15) is 132 Å². The normalized spacial score (nSPS) is 32.8. The second kappa shape index (κ2) is 23.0. The standard InChI is InChI=1S/C24H38O7.C24H36O6.H3N/c1-5-24(3,4)23(30)31-20-12-17(26)10-15-7-6-14(2)19(22(15)20)9-8-16(25)11-18(27)13-21(28)29;1-5-24(3,4)23(28)30-20-12-16(25)10-15-7-6-14(2)19(22(15)20)9-8-18-11-17(26)13-21(27)29-18;/h6-7,10,14,16-20,22,25-27H,5,8-9,11-13H2,1-4H3,(H,28,29);6-7,10,14,16-20,22,25-26H,5,8-9,11-13H2,1-4H3;1H3/t14-,16+,17-,18+,19-,20-,22-;14-,16-,17+,18+,19-,20-,22-;/m00./s1. The van der Waals surface area contributed by atoms with Gasteiger partial charge in [0, 0.05) is 43.5 Å². The zero-order chi connectivity index (χ0) is 45.4. The molecule has 0 amide bonds. The Bertz CT molecular complexity index is 1650. The number of ether oxygens (including phenoxy) is 3. The molecule has 0 bridgehead atoms. The van der Waals surface area contributed by atoms with Crippen LogP contribution in [0.2, 0.25) is 0 Å². The molecule has 5 aliphatic rings. The molecule has 1 heterocycles. The van der Waals surface area contributed by atoms with Gasteiger partial charge in [0.1, 0.15) is 18.3 Å². The molecule has 9 N–H and O–H groups in total. The first-order valence-electron chi connectivity index (χ1n) is 22.6. The summed E-state index contributed by atoms with van der Waals surface area (Å²) in [6.45, 7) is 15.6. The Morgan fingerprint density at radius 1 is 0.774 bits per heavy atom. The molecule has 0 aromatic heterocycles. The average molecular weight is 876 g/mol. The first-order chi connectivity index (χ1) is 28.5. The molecule has 0 saturated carbocycles. The summed E-state index contributed by atoms with van der Waals surface area (Å²) in [5.41, 5.74) is 0.790. The van der Waals surface area contributed by atoms with Crippen molar-refractivity contribution in [1.29, 1.82) is 0 Å². The predicted molar refractivity (Wildman–Crippen MR) is 232 cm³/mol. The van der Waals surface area contributed by atoms with Crippen LogP contribution in [0.5, 0.6) is 0 Å². The highest BCUT2D eigenvalue weighted by Crippen LogP contribution is 2.46. The van der Waals surface area contributed by atoms with Gasteiger partial charge in [0.2, 0.25) is 0 Å². The van der Waals surface area contributed by atoms with E-state index in [9.17, 15) is 49.8 Å². The lowest BCUT2D eigenvalue weighted by molar-refractivity contribution is -0.307. The SMILES string of the molecule is CCC(C)(C)C(=O)O[C@H]1C[C@@H](O)C=C2C=C[C@H](C)[C@H](CC[C@@H](O)C[C@@H](O)CC(=O)[O-])[C@H]21.CCC(C)(C)C(=O)O[C@H]1C[C@@H](O)C=C2C=C[C@H](C)[C@H](CC[C@@H]3C[C@@H](O)CC(=O)O3)[C@H]21.[NH4+]. The summed E-state index contributed by atoms with van der Waals surface area (Å²) < 4.78 is 17.4. The minimum atomic E-state index is -1.35. The molecule has 14 heteroatoms. The molecular weight excluding hydrogens is 799 g/mol. The molecule has 62 heavy (non-hydrogen) atoms. The van der Waals surface area contributed by atoms with Crippen LogP contribution < -0.4 is 11.3 Å². The molecule has 1 aliphatic heterocycles. The quantitative estimate of drug-likeness (QED) is 0.0864. The van der Waals surface area contributed by atoms with E-state index in [1.165, 1.54) is 0 Å². The Kier molecular flexibility index (Phi) is 19.6. The number of carboxylic acids is 1. The monoisotopic (exact) mass is 876 g/mol. The number of aliphatic carboxylic acids is 1. The van der Waals surface area contributed by atoms with Crippen molar-refractivity contribution in [1.82, 2.24) is 6.15 Å². The van der Waals surface area contributed by atoms with Crippen molar-refractivity contribution >= 4 is 23.9 Å². The zero-order valence-electron chi connectivity index (χ0n) is 38.5. The van der Waals surface area contributed by atoms with Crippen molar-refractivity contribution in [2.24, 2.45) is 46.3 Å². The highest BCUT2D eigenvalue weighted by molar-refractivity contribution is 5.76. The van der Waals surface area contributed by atoms with Crippen molar-refractivity contribution in [2.45, 2.75) is 181 Å². The minimum Gasteiger partial charge on any atom is -0.550 e. The lowest BCUT2D eigenvalue weighted by Crippen LogP contribution is -2.44. The molecule has 0 aromatic rings. The Morgan fingerprint density at radius 3 is 1.68 bits per heavy atom. The fraction of sp³-hybridized carbons (Fsp3) is 0.750. The van der Waals surface area contributed by atoms with Gasteiger partial charge in [0.05, 0.1) is 47.8 Å². The van der Waals surface area contributed by atoms with Crippen molar-refractivity contribution in [2.75, 3.05) is 0 Å². The largest absolute Gasteiger partial charge is 0.550 e. The molecule has 1 saturated heterocycles. The van der Waals surface area contributed by atoms with Crippen molar-refractivity contribution in [3.63, 3.8) is 0 Å². The number of cyclic esters (lactones) is 1. The lowest BCUT2D eigenvalue weighted by Gasteiger charge is -2.43. The second-order valence-corrected chi connectivity index (χ2v) is 19.6. The van der Waals surface area contributed by atoms with Crippen molar-refractivity contribution in [3.8, 4) is 0 Å². The Hall–Kier alpha value is -3.40. The summed E-state index contributed by atoms with van der Waals surface area (Å²) in [6, 6.07) is 0. The summed E-state index contributed by atoms with van der Waals surface area (Å²) >= 11 is 0. The van der Waals surface area contributed by atoms with Gasteiger partial charge in [0.25, 0.3) is 0 Å². The summed E-state index contributed by atoms with van der Waals surface area (Å²) in [5.74, 6) is -1.53. The summed E-state index contributed by atoms with van der Waals surface area (Å²) in [7, 11) is 0. The predicted octanol–water partition coefficient (Wildman–Crippen LogP) is 5.18. The maximum atomic E-state index is 12.8. The molecule has 352 valence electrons. The van der Waals surface area contributed by atoms with Gasteiger partial charge in [-0.2, -0.15) is 0 Å². The number of carbonyl (C=O) groups is 4. The molecule has 4 aliphatic carbocycles. The molecule has 0 aromatic carbocycles. The topological polar surface area (TPSA) is 257 Å². The van der Waals surface area contributed by atoms with Gasteiger partial charge in [-0.05, 0) is 107 Å².